The van der Waals surface area contributed by atoms with Crippen LogP contribution in [-0.2, 0) is 0 Å². The number of hydrogen-bond acceptors (Lipinski definition) is 4. The van der Waals surface area contributed by atoms with Gasteiger partial charge >= 0.3 is 0 Å². The fraction of sp³-hybridized carbons (Fsp3) is 0.579. The summed E-state index contributed by atoms with van der Waals surface area (Å²) in [5.41, 5.74) is 1.02. The van der Waals surface area contributed by atoms with E-state index >= 15 is 0 Å². The van der Waals surface area contributed by atoms with Crippen molar-refractivity contribution in [3.05, 3.63) is 35.4 Å². The molecule has 0 aromatic heterocycles. The van der Waals surface area contributed by atoms with Gasteiger partial charge in [0.2, 0.25) is 0 Å². The van der Waals surface area contributed by atoms with Crippen molar-refractivity contribution in [2.75, 3.05) is 52.9 Å². The van der Waals surface area contributed by atoms with Crippen LogP contribution in [0.25, 0.3) is 0 Å². The standard InChI is InChI=1S/C19H26N4O/c1-21-9-11-22(12-10-21)14-16-5-4-8-23(15-16)19(24)18-7-3-2-6-17(18)13-20/h2-3,6-7,16H,4-5,8-12,14-15H2,1H3. The highest BCUT2D eigenvalue weighted by molar-refractivity contribution is 5.96. The number of nitrogens with zero attached hydrogens (tertiary/aromatic N) is 4. The Morgan fingerprint density at radius 1 is 1.21 bits per heavy atom. The normalized spacial score (nSPS) is 23.0. The van der Waals surface area contributed by atoms with Crippen molar-refractivity contribution in [3.8, 4) is 6.07 Å². The number of benzene rings is 1. The van der Waals surface area contributed by atoms with Gasteiger partial charge in [-0.05, 0) is 37.9 Å². The van der Waals surface area contributed by atoms with E-state index in [0.717, 1.165) is 52.2 Å². The zero-order valence-electron chi connectivity index (χ0n) is 14.4. The number of likely N-dealkylation sites (tertiary alicyclic amines) is 1. The van der Waals surface area contributed by atoms with Crippen LogP contribution < -0.4 is 0 Å². The van der Waals surface area contributed by atoms with E-state index in [-0.39, 0.29) is 5.91 Å². The van der Waals surface area contributed by atoms with Gasteiger partial charge < -0.3 is 14.7 Å². The zero-order chi connectivity index (χ0) is 16.9. The van der Waals surface area contributed by atoms with Crippen LogP contribution >= 0.6 is 0 Å². The summed E-state index contributed by atoms with van der Waals surface area (Å²) < 4.78 is 0. The van der Waals surface area contributed by atoms with Gasteiger partial charge in [-0.25, -0.2) is 0 Å². The minimum Gasteiger partial charge on any atom is -0.338 e. The first kappa shape index (κ1) is 16.9. The first-order valence-corrected chi connectivity index (χ1v) is 8.86. The lowest BCUT2D eigenvalue weighted by atomic mass is 9.96. The Bertz CT molecular complexity index is 616. The summed E-state index contributed by atoms with van der Waals surface area (Å²) >= 11 is 0. The van der Waals surface area contributed by atoms with Crippen molar-refractivity contribution in [1.29, 1.82) is 5.26 Å². The molecule has 0 saturated carbocycles. The maximum Gasteiger partial charge on any atom is 0.255 e. The highest BCUT2D eigenvalue weighted by Crippen LogP contribution is 2.21. The van der Waals surface area contributed by atoms with E-state index in [4.69, 9.17) is 0 Å². The van der Waals surface area contributed by atoms with E-state index in [9.17, 15) is 10.1 Å². The average Bonchev–Trinajstić information content (AvgIpc) is 2.63. The summed E-state index contributed by atoms with van der Waals surface area (Å²) in [6.07, 6.45) is 2.24. The molecule has 2 aliphatic rings. The molecule has 128 valence electrons. The van der Waals surface area contributed by atoms with Gasteiger partial charge in [0, 0.05) is 45.8 Å². The molecule has 2 heterocycles. The van der Waals surface area contributed by atoms with E-state index < -0.39 is 0 Å². The van der Waals surface area contributed by atoms with Crippen molar-refractivity contribution in [2.45, 2.75) is 12.8 Å². The Balaban J connectivity index is 1.61. The van der Waals surface area contributed by atoms with Gasteiger partial charge in [-0.2, -0.15) is 5.26 Å². The van der Waals surface area contributed by atoms with Crippen molar-refractivity contribution in [2.24, 2.45) is 5.92 Å². The number of carbonyl (C=O) groups is 1. The van der Waals surface area contributed by atoms with E-state index in [2.05, 4.69) is 22.9 Å². The van der Waals surface area contributed by atoms with Gasteiger partial charge in [-0.3, -0.25) is 4.79 Å². The van der Waals surface area contributed by atoms with Gasteiger partial charge in [0.15, 0.2) is 0 Å². The Morgan fingerprint density at radius 3 is 2.71 bits per heavy atom. The number of rotatable bonds is 3. The molecule has 0 radical (unpaired) electrons. The number of piperidine rings is 1. The van der Waals surface area contributed by atoms with Crippen LogP contribution in [0.2, 0.25) is 0 Å². The van der Waals surface area contributed by atoms with Crippen LogP contribution in [0, 0.1) is 17.2 Å². The molecule has 0 spiro atoms. The predicted molar refractivity (Wildman–Crippen MR) is 93.7 cm³/mol. The summed E-state index contributed by atoms with van der Waals surface area (Å²) in [5.74, 6) is 0.551. The predicted octanol–water partition coefficient (Wildman–Crippen LogP) is 1.66. The molecule has 0 aliphatic carbocycles. The topological polar surface area (TPSA) is 50.6 Å². The third-order valence-corrected chi connectivity index (χ3v) is 5.20. The highest BCUT2D eigenvalue weighted by atomic mass is 16.2. The molecular weight excluding hydrogens is 300 g/mol. The Kier molecular flexibility index (Phi) is 5.49. The van der Waals surface area contributed by atoms with E-state index in [1.54, 1.807) is 12.1 Å². The lowest BCUT2D eigenvalue weighted by Crippen LogP contribution is -2.49. The number of carbonyl (C=O) groups excluding carboxylic acids is 1. The Labute approximate surface area is 144 Å². The van der Waals surface area contributed by atoms with E-state index in [1.165, 1.54) is 6.42 Å². The van der Waals surface area contributed by atoms with Crippen LogP contribution in [0.3, 0.4) is 0 Å². The van der Waals surface area contributed by atoms with Gasteiger partial charge in [0.1, 0.15) is 0 Å². The number of hydrogen-bond donors (Lipinski definition) is 0. The number of likely N-dealkylation sites (N-methyl/N-ethyl adjacent to an activating group) is 1. The third-order valence-electron chi connectivity index (χ3n) is 5.20. The molecular formula is C19H26N4O. The van der Waals surface area contributed by atoms with Crippen LogP contribution in [0.4, 0.5) is 0 Å². The van der Waals surface area contributed by atoms with Gasteiger partial charge in [-0.15, -0.1) is 0 Å². The van der Waals surface area contributed by atoms with Crippen LogP contribution in [0.15, 0.2) is 24.3 Å². The molecule has 2 fully saturated rings. The van der Waals surface area contributed by atoms with Crippen molar-refractivity contribution >= 4 is 5.91 Å². The minimum atomic E-state index is 0.00947. The van der Waals surface area contributed by atoms with E-state index in [0.29, 0.717) is 17.0 Å². The quantitative estimate of drug-likeness (QED) is 0.848. The highest BCUT2D eigenvalue weighted by Gasteiger charge is 2.27. The summed E-state index contributed by atoms with van der Waals surface area (Å²) in [4.78, 5) is 19.7. The molecule has 1 amide bonds. The molecule has 5 nitrogen and oxygen atoms in total. The van der Waals surface area contributed by atoms with Gasteiger partial charge in [-0.1, -0.05) is 12.1 Å². The molecule has 2 saturated heterocycles. The Hall–Kier alpha value is -1.90. The Morgan fingerprint density at radius 2 is 1.96 bits per heavy atom. The summed E-state index contributed by atoms with van der Waals surface area (Å²) in [6, 6.07) is 9.27. The maximum atomic E-state index is 12.8. The van der Waals surface area contributed by atoms with Crippen molar-refractivity contribution in [1.82, 2.24) is 14.7 Å². The maximum absolute atomic E-state index is 12.8. The van der Waals surface area contributed by atoms with Crippen LogP contribution in [0.5, 0.6) is 0 Å². The largest absolute Gasteiger partial charge is 0.338 e. The van der Waals surface area contributed by atoms with Crippen LogP contribution in [0.1, 0.15) is 28.8 Å². The fourth-order valence-corrected chi connectivity index (χ4v) is 3.73. The molecule has 24 heavy (non-hydrogen) atoms. The smallest absolute Gasteiger partial charge is 0.255 e. The van der Waals surface area contributed by atoms with Crippen molar-refractivity contribution in [3.63, 3.8) is 0 Å². The van der Waals surface area contributed by atoms with Gasteiger partial charge in [0.05, 0.1) is 17.2 Å². The number of amides is 1. The molecule has 5 heteroatoms. The molecule has 1 aromatic carbocycles. The molecule has 1 aromatic rings. The third kappa shape index (κ3) is 3.95. The molecule has 1 unspecified atom stereocenters. The fourth-order valence-electron chi connectivity index (χ4n) is 3.73. The first-order valence-electron chi connectivity index (χ1n) is 8.86. The van der Waals surface area contributed by atoms with Crippen molar-refractivity contribution < 1.29 is 4.79 Å². The molecule has 2 aliphatic heterocycles. The summed E-state index contributed by atoms with van der Waals surface area (Å²) in [6.45, 7) is 7.20. The van der Waals surface area contributed by atoms with Crippen LogP contribution in [-0.4, -0.2) is 73.5 Å². The number of piperazine rings is 1. The number of nitriles is 1. The average molecular weight is 326 g/mol. The van der Waals surface area contributed by atoms with Gasteiger partial charge in [0.25, 0.3) is 5.91 Å². The first-order chi connectivity index (χ1) is 11.7. The molecule has 0 N–H and O–H groups in total. The minimum absolute atomic E-state index is 0.00947. The van der Waals surface area contributed by atoms with E-state index in [1.807, 2.05) is 17.0 Å². The monoisotopic (exact) mass is 326 g/mol. The zero-order valence-corrected chi connectivity index (χ0v) is 14.4. The second-order valence-electron chi connectivity index (χ2n) is 7.02. The second kappa shape index (κ2) is 7.78. The summed E-state index contributed by atoms with van der Waals surface area (Å²) in [7, 11) is 2.17. The molecule has 1 atom stereocenters. The molecule has 0 bridgehead atoms. The molecule has 3 rings (SSSR count). The summed E-state index contributed by atoms with van der Waals surface area (Å²) in [5, 5.41) is 9.22. The lowest BCUT2D eigenvalue weighted by molar-refractivity contribution is 0.0609. The lowest BCUT2D eigenvalue weighted by Gasteiger charge is -2.38. The SMILES string of the molecule is CN1CCN(CC2CCCN(C(=O)c3ccccc3C#N)C2)CC1. The second-order valence-corrected chi connectivity index (χ2v) is 7.02.